The molecule has 2 aliphatic rings. The number of likely N-dealkylation sites (N-methyl/N-ethyl adjacent to an activating group) is 1. The molecule has 0 N–H and O–H groups in total. The van der Waals surface area contributed by atoms with Gasteiger partial charge in [0.2, 0.25) is 4.96 Å². The van der Waals surface area contributed by atoms with Gasteiger partial charge in [-0.05, 0) is 25.1 Å². The van der Waals surface area contributed by atoms with Crippen LogP contribution in [0.3, 0.4) is 0 Å². The predicted octanol–water partition coefficient (Wildman–Crippen LogP) is 1.95. The van der Waals surface area contributed by atoms with E-state index in [0.717, 1.165) is 11.3 Å². The lowest BCUT2D eigenvalue weighted by Gasteiger charge is -2.24. The molecule has 2 aromatic heterocycles. The summed E-state index contributed by atoms with van der Waals surface area (Å²) < 4.78 is 13.3. The number of anilines is 1. The standard InChI is InChI=1S/C22H16N4O4S/c1-2-25-13-8-4-3-7-12(13)17(20(25)27)18-21(28)26-22(31-18)23-19(24-26)16-11-29-14-9-5-6-10-15(14)30-16/h3-10,16H,2,11H2,1H3/b18-17-. The molecule has 4 aromatic rings. The molecule has 0 radical (unpaired) electrons. The van der Waals surface area contributed by atoms with Crippen LogP contribution >= 0.6 is 11.3 Å². The maximum Gasteiger partial charge on any atom is 0.291 e. The molecule has 4 heterocycles. The topological polar surface area (TPSA) is 86.0 Å². The first-order valence-electron chi connectivity index (χ1n) is 9.89. The average molecular weight is 432 g/mol. The Labute approximate surface area is 180 Å². The van der Waals surface area contributed by atoms with Crippen molar-refractivity contribution in [3.05, 3.63) is 74.8 Å². The molecule has 0 spiro atoms. The lowest BCUT2D eigenvalue weighted by molar-refractivity contribution is -0.113. The van der Waals surface area contributed by atoms with Gasteiger partial charge in [-0.15, -0.1) is 5.10 Å². The monoisotopic (exact) mass is 432 g/mol. The number of hydrogen-bond acceptors (Lipinski definition) is 7. The van der Waals surface area contributed by atoms with E-state index < -0.39 is 6.10 Å². The number of nitrogens with zero attached hydrogens (tertiary/aromatic N) is 4. The van der Waals surface area contributed by atoms with Gasteiger partial charge in [-0.3, -0.25) is 9.59 Å². The number of fused-ring (bicyclic) bond motifs is 3. The Morgan fingerprint density at radius 3 is 2.68 bits per heavy atom. The lowest BCUT2D eigenvalue weighted by atomic mass is 10.1. The Bertz CT molecular complexity index is 1470. The molecular weight excluding hydrogens is 416 g/mol. The Morgan fingerprint density at radius 2 is 1.87 bits per heavy atom. The highest BCUT2D eigenvalue weighted by molar-refractivity contribution is 7.15. The number of rotatable bonds is 2. The van der Waals surface area contributed by atoms with Crippen LogP contribution in [0.25, 0.3) is 10.5 Å². The van der Waals surface area contributed by atoms with Crippen molar-refractivity contribution in [2.75, 3.05) is 18.1 Å². The maximum atomic E-state index is 13.2. The van der Waals surface area contributed by atoms with Gasteiger partial charge in [0.15, 0.2) is 23.4 Å². The van der Waals surface area contributed by atoms with E-state index in [-0.39, 0.29) is 18.1 Å². The Morgan fingerprint density at radius 1 is 1.10 bits per heavy atom. The van der Waals surface area contributed by atoms with Crippen LogP contribution in [-0.2, 0) is 4.79 Å². The Balaban J connectivity index is 1.46. The summed E-state index contributed by atoms with van der Waals surface area (Å²) in [5, 5.41) is 4.38. The second-order valence-corrected chi connectivity index (χ2v) is 8.18. The van der Waals surface area contributed by atoms with Gasteiger partial charge in [0.25, 0.3) is 11.5 Å². The molecule has 0 fully saturated rings. The molecule has 1 unspecified atom stereocenters. The summed E-state index contributed by atoms with van der Waals surface area (Å²) in [7, 11) is 0. The summed E-state index contributed by atoms with van der Waals surface area (Å²) in [6, 6.07) is 14.9. The average Bonchev–Trinajstić information content (AvgIpc) is 3.43. The lowest BCUT2D eigenvalue weighted by Crippen LogP contribution is -2.32. The molecule has 1 amide bonds. The van der Waals surface area contributed by atoms with Gasteiger partial charge >= 0.3 is 0 Å². The zero-order valence-corrected chi connectivity index (χ0v) is 17.3. The quantitative estimate of drug-likeness (QED) is 0.481. The van der Waals surface area contributed by atoms with Crippen LogP contribution in [0.1, 0.15) is 24.4 Å². The van der Waals surface area contributed by atoms with Crippen molar-refractivity contribution in [1.29, 1.82) is 0 Å². The van der Waals surface area contributed by atoms with Crippen molar-refractivity contribution < 1.29 is 14.3 Å². The van der Waals surface area contributed by atoms with Crippen molar-refractivity contribution in [3.8, 4) is 11.5 Å². The molecule has 0 saturated heterocycles. The normalized spacial score (nSPS) is 19.2. The number of carbonyl (C=O) groups excluding carboxylic acids is 1. The van der Waals surface area contributed by atoms with E-state index in [0.29, 0.717) is 38.9 Å². The minimum Gasteiger partial charge on any atom is -0.485 e. The molecule has 9 heteroatoms. The van der Waals surface area contributed by atoms with Crippen molar-refractivity contribution in [2.45, 2.75) is 13.0 Å². The van der Waals surface area contributed by atoms with E-state index >= 15 is 0 Å². The van der Waals surface area contributed by atoms with E-state index in [1.807, 2.05) is 55.5 Å². The largest absolute Gasteiger partial charge is 0.485 e. The van der Waals surface area contributed by atoms with Crippen LogP contribution in [0.15, 0.2) is 53.3 Å². The Kier molecular flexibility index (Phi) is 3.87. The fraction of sp³-hybridized carbons (Fsp3) is 0.182. The molecule has 0 bridgehead atoms. The van der Waals surface area contributed by atoms with E-state index in [1.165, 1.54) is 15.9 Å². The van der Waals surface area contributed by atoms with Gasteiger partial charge in [0.1, 0.15) is 11.1 Å². The van der Waals surface area contributed by atoms with Crippen LogP contribution in [0, 0.1) is 0 Å². The number of benzene rings is 2. The van der Waals surface area contributed by atoms with Crippen LogP contribution < -0.4 is 24.5 Å². The van der Waals surface area contributed by atoms with Gasteiger partial charge in [-0.2, -0.15) is 9.50 Å². The molecular formula is C22H16N4O4S. The van der Waals surface area contributed by atoms with E-state index in [1.54, 1.807) is 4.90 Å². The molecule has 6 rings (SSSR count). The van der Waals surface area contributed by atoms with Gasteiger partial charge in [-0.25, -0.2) is 0 Å². The molecule has 31 heavy (non-hydrogen) atoms. The maximum absolute atomic E-state index is 13.2. The molecule has 1 atom stereocenters. The highest BCUT2D eigenvalue weighted by atomic mass is 32.1. The van der Waals surface area contributed by atoms with Crippen molar-refractivity contribution in [3.63, 3.8) is 0 Å². The second-order valence-electron chi connectivity index (χ2n) is 7.21. The summed E-state index contributed by atoms with van der Waals surface area (Å²) in [6.07, 6.45) is -0.512. The predicted molar refractivity (Wildman–Crippen MR) is 115 cm³/mol. The number of carbonyl (C=O) groups is 1. The SMILES string of the molecule is CCN1C(=O)/C(=c2\sc3nc(C4COc5ccccc5O4)nn3c2=O)c2ccccc21. The number of aromatic nitrogens is 3. The third-order valence-electron chi connectivity index (χ3n) is 5.44. The number of thiazole rings is 1. The summed E-state index contributed by atoms with van der Waals surface area (Å²) in [5.41, 5.74) is 1.63. The van der Waals surface area contributed by atoms with E-state index in [2.05, 4.69) is 10.1 Å². The van der Waals surface area contributed by atoms with Crippen molar-refractivity contribution in [2.24, 2.45) is 0 Å². The molecule has 2 aromatic carbocycles. The first kappa shape index (κ1) is 18.1. The zero-order chi connectivity index (χ0) is 21.1. The number of ether oxygens (including phenoxy) is 2. The minimum absolute atomic E-state index is 0.175. The fourth-order valence-electron chi connectivity index (χ4n) is 4.00. The number of para-hydroxylation sites is 3. The van der Waals surface area contributed by atoms with Crippen LogP contribution in [0.5, 0.6) is 11.5 Å². The molecule has 0 aliphatic carbocycles. The zero-order valence-electron chi connectivity index (χ0n) is 16.4. The summed E-state index contributed by atoms with van der Waals surface area (Å²) in [4.78, 5) is 32.8. The van der Waals surface area contributed by atoms with Crippen LogP contribution in [-0.4, -0.2) is 33.7 Å². The third-order valence-corrected chi connectivity index (χ3v) is 6.47. The summed E-state index contributed by atoms with van der Waals surface area (Å²) in [6.45, 7) is 2.69. The van der Waals surface area contributed by atoms with Crippen LogP contribution in [0.2, 0.25) is 0 Å². The summed E-state index contributed by atoms with van der Waals surface area (Å²) in [5.74, 6) is 1.49. The fourth-order valence-corrected chi connectivity index (χ4v) is 5.00. The van der Waals surface area contributed by atoms with Gasteiger partial charge in [-0.1, -0.05) is 41.7 Å². The highest BCUT2D eigenvalue weighted by Crippen LogP contribution is 2.36. The van der Waals surface area contributed by atoms with Gasteiger partial charge in [0, 0.05) is 12.1 Å². The second kappa shape index (κ2) is 6.64. The number of amides is 1. The van der Waals surface area contributed by atoms with Gasteiger partial charge in [0.05, 0.1) is 11.3 Å². The number of hydrogen-bond donors (Lipinski definition) is 0. The van der Waals surface area contributed by atoms with Crippen LogP contribution in [0.4, 0.5) is 5.69 Å². The van der Waals surface area contributed by atoms with E-state index in [9.17, 15) is 9.59 Å². The van der Waals surface area contributed by atoms with E-state index in [4.69, 9.17) is 9.47 Å². The first-order chi connectivity index (χ1) is 15.2. The highest BCUT2D eigenvalue weighted by Gasteiger charge is 2.34. The molecule has 154 valence electrons. The first-order valence-corrected chi connectivity index (χ1v) is 10.7. The molecule has 2 aliphatic heterocycles. The van der Waals surface area contributed by atoms with Crippen molar-refractivity contribution in [1.82, 2.24) is 14.6 Å². The molecule has 8 nitrogen and oxygen atoms in total. The van der Waals surface area contributed by atoms with Gasteiger partial charge < -0.3 is 14.4 Å². The third kappa shape index (κ3) is 2.59. The smallest absolute Gasteiger partial charge is 0.291 e. The molecule has 0 saturated carbocycles. The Hall–Kier alpha value is -3.72. The summed E-state index contributed by atoms with van der Waals surface area (Å²) >= 11 is 1.17. The minimum atomic E-state index is -0.512. The van der Waals surface area contributed by atoms with Crippen molar-refractivity contribution >= 4 is 33.5 Å².